The van der Waals surface area contributed by atoms with Crippen LogP contribution in [0.5, 0.6) is 0 Å². The van der Waals surface area contributed by atoms with Gasteiger partial charge in [0.1, 0.15) is 5.01 Å². The minimum Gasteiger partial charge on any atom is -0.361 e. The van der Waals surface area contributed by atoms with E-state index >= 15 is 0 Å². The van der Waals surface area contributed by atoms with Gasteiger partial charge in [0.05, 0.1) is 6.54 Å². The van der Waals surface area contributed by atoms with Crippen LogP contribution in [0.1, 0.15) is 5.01 Å². The molecule has 2 heterocycles. The van der Waals surface area contributed by atoms with Crippen LogP contribution in [-0.2, 0) is 0 Å². The molecule has 0 radical (unpaired) electrons. The Hall–Kier alpha value is -2.43. The summed E-state index contributed by atoms with van der Waals surface area (Å²) in [5.74, 6) is -0.0543. The van der Waals surface area contributed by atoms with Gasteiger partial charge in [-0.1, -0.05) is 41.7 Å². The predicted octanol–water partition coefficient (Wildman–Crippen LogP) is 4.44. The molecule has 2 aromatic carbocycles. The minimum absolute atomic E-state index is 0.0543. The number of nitrogens with zero attached hydrogens (tertiary/aromatic N) is 4. The Balaban J connectivity index is 1.76. The number of aromatic nitrogens is 2. The van der Waals surface area contributed by atoms with Gasteiger partial charge in [0.25, 0.3) is 5.72 Å². The second-order valence-electron chi connectivity index (χ2n) is 6.31. The summed E-state index contributed by atoms with van der Waals surface area (Å²) < 4.78 is 40.5. The van der Waals surface area contributed by atoms with Crippen LogP contribution >= 0.6 is 23.1 Å². The minimum atomic E-state index is -4.92. The van der Waals surface area contributed by atoms with E-state index in [1.54, 1.807) is 24.3 Å². The number of anilines is 1. The number of thioether (sulfide) groups is 1. The first-order chi connectivity index (χ1) is 13.8. The van der Waals surface area contributed by atoms with Gasteiger partial charge < -0.3 is 10.0 Å². The molecule has 0 fully saturated rings. The molecule has 150 valence electrons. The van der Waals surface area contributed by atoms with Gasteiger partial charge in [-0.25, -0.2) is 4.99 Å². The van der Waals surface area contributed by atoms with Gasteiger partial charge in [-0.05, 0) is 30.5 Å². The quantitative estimate of drug-likeness (QED) is 0.613. The van der Waals surface area contributed by atoms with E-state index in [1.807, 2.05) is 36.6 Å². The smallest absolute Gasteiger partial charge is 0.361 e. The molecular weight excluding hydrogens is 421 g/mol. The van der Waals surface area contributed by atoms with E-state index in [-0.39, 0.29) is 10.8 Å². The van der Waals surface area contributed by atoms with Crippen molar-refractivity contribution in [3.05, 3.63) is 59.6 Å². The largest absolute Gasteiger partial charge is 0.440 e. The standard InChI is InChI=1S/C19H15F3N4OS2/c1-28-14-9-7-13(8-10-14)26-11-18(27,19(20,21)22)23-15(26)17-25-24-16(29-17)12-5-3-2-4-6-12/h2-10,27H,11H2,1H3. The van der Waals surface area contributed by atoms with E-state index in [4.69, 9.17) is 0 Å². The summed E-state index contributed by atoms with van der Waals surface area (Å²) in [6.45, 7) is -0.745. The number of alkyl halides is 3. The molecule has 1 unspecified atom stereocenters. The average Bonchev–Trinajstić information content (AvgIpc) is 3.34. The van der Waals surface area contributed by atoms with Crippen molar-refractivity contribution in [1.29, 1.82) is 0 Å². The van der Waals surface area contributed by atoms with Crippen molar-refractivity contribution in [1.82, 2.24) is 10.2 Å². The first-order valence-corrected chi connectivity index (χ1v) is 10.5. The fraction of sp³-hybridized carbons (Fsp3) is 0.211. The lowest BCUT2D eigenvalue weighted by atomic mass is 10.2. The Morgan fingerprint density at radius 1 is 1.03 bits per heavy atom. The number of aliphatic hydroxyl groups is 1. The van der Waals surface area contributed by atoms with Crippen LogP contribution in [0.25, 0.3) is 10.6 Å². The van der Waals surface area contributed by atoms with Crippen molar-refractivity contribution in [3.63, 3.8) is 0 Å². The highest BCUT2D eigenvalue weighted by Crippen LogP contribution is 2.39. The number of β-amino-alcohol motifs (C(OH)–C–C–N with tert-alkyl or cyclic N) is 1. The molecule has 1 atom stereocenters. The molecule has 1 aromatic heterocycles. The highest BCUT2D eigenvalue weighted by atomic mass is 32.2. The lowest BCUT2D eigenvalue weighted by Crippen LogP contribution is -2.47. The molecule has 0 aliphatic carbocycles. The van der Waals surface area contributed by atoms with Crippen LogP contribution < -0.4 is 4.90 Å². The number of aliphatic imine (C=N–C) groups is 1. The predicted molar refractivity (Wildman–Crippen MR) is 108 cm³/mol. The molecule has 5 nitrogen and oxygen atoms in total. The highest BCUT2D eigenvalue weighted by molar-refractivity contribution is 7.98. The Labute approximate surface area is 172 Å². The molecule has 1 aliphatic rings. The van der Waals surface area contributed by atoms with Crippen LogP contribution in [0.3, 0.4) is 0 Å². The molecule has 0 spiro atoms. The molecule has 0 bridgehead atoms. The summed E-state index contributed by atoms with van der Waals surface area (Å²) in [5, 5.41) is 19.1. The van der Waals surface area contributed by atoms with Gasteiger partial charge in [0, 0.05) is 16.1 Å². The Morgan fingerprint density at radius 2 is 1.69 bits per heavy atom. The van der Waals surface area contributed by atoms with Crippen LogP contribution in [0.2, 0.25) is 0 Å². The Bertz CT molecular complexity index is 1040. The molecule has 29 heavy (non-hydrogen) atoms. The second kappa shape index (κ2) is 7.43. The third kappa shape index (κ3) is 3.75. The number of hydrogen-bond donors (Lipinski definition) is 1. The summed E-state index contributed by atoms with van der Waals surface area (Å²) in [5.41, 5.74) is -1.92. The van der Waals surface area contributed by atoms with Crippen molar-refractivity contribution in [2.24, 2.45) is 4.99 Å². The van der Waals surface area contributed by atoms with Crippen LogP contribution in [-0.4, -0.2) is 45.8 Å². The first kappa shape index (κ1) is 19.9. The van der Waals surface area contributed by atoms with E-state index in [9.17, 15) is 18.3 Å². The maximum absolute atomic E-state index is 13.5. The SMILES string of the molecule is CSc1ccc(N2CC(O)(C(F)(F)F)N=C2c2nnc(-c3ccccc3)s2)cc1. The van der Waals surface area contributed by atoms with Gasteiger partial charge in [0.2, 0.25) is 0 Å². The Morgan fingerprint density at radius 3 is 2.31 bits per heavy atom. The summed E-state index contributed by atoms with van der Waals surface area (Å²) >= 11 is 2.65. The maximum atomic E-state index is 13.5. The van der Waals surface area contributed by atoms with E-state index in [0.717, 1.165) is 21.8 Å². The van der Waals surface area contributed by atoms with Crippen molar-refractivity contribution >= 4 is 34.6 Å². The summed E-state index contributed by atoms with van der Waals surface area (Å²) in [6.07, 6.45) is -3.01. The topological polar surface area (TPSA) is 61.6 Å². The van der Waals surface area contributed by atoms with Crippen molar-refractivity contribution in [2.75, 3.05) is 17.7 Å². The molecule has 1 aliphatic heterocycles. The van der Waals surface area contributed by atoms with Crippen LogP contribution in [0, 0.1) is 0 Å². The number of halogens is 3. The molecule has 0 saturated carbocycles. The van der Waals surface area contributed by atoms with E-state index in [1.165, 1.54) is 16.7 Å². The third-order valence-electron chi connectivity index (χ3n) is 4.40. The summed E-state index contributed by atoms with van der Waals surface area (Å²) in [7, 11) is 0. The van der Waals surface area contributed by atoms with Gasteiger partial charge in [0.15, 0.2) is 10.8 Å². The van der Waals surface area contributed by atoms with Gasteiger partial charge in [-0.2, -0.15) is 13.2 Å². The third-order valence-corrected chi connectivity index (χ3v) is 6.11. The zero-order valence-corrected chi connectivity index (χ0v) is 16.7. The molecule has 1 N–H and O–H groups in total. The summed E-state index contributed by atoms with van der Waals surface area (Å²) in [4.78, 5) is 5.94. The van der Waals surface area contributed by atoms with E-state index in [2.05, 4.69) is 15.2 Å². The fourth-order valence-electron chi connectivity index (χ4n) is 2.87. The fourth-order valence-corrected chi connectivity index (χ4v) is 4.13. The maximum Gasteiger partial charge on any atom is 0.440 e. The lowest BCUT2D eigenvalue weighted by Gasteiger charge is -2.25. The number of benzene rings is 2. The molecule has 0 amide bonds. The second-order valence-corrected chi connectivity index (χ2v) is 8.17. The zero-order valence-electron chi connectivity index (χ0n) is 15.1. The molecular formula is C19H15F3N4OS2. The number of amidine groups is 1. The van der Waals surface area contributed by atoms with E-state index in [0.29, 0.717) is 10.7 Å². The van der Waals surface area contributed by atoms with Gasteiger partial charge >= 0.3 is 6.18 Å². The highest BCUT2D eigenvalue weighted by Gasteiger charge is 2.59. The zero-order chi connectivity index (χ0) is 20.6. The van der Waals surface area contributed by atoms with Gasteiger partial charge in [-0.15, -0.1) is 22.0 Å². The summed E-state index contributed by atoms with van der Waals surface area (Å²) in [6, 6.07) is 16.2. The van der Waals surface area contributed by atoms with Crippen molar-refractivity contribution < 1.29 is 18.3 Å². The molecule has 0 saturated heterocycles. The molecule has 4 rings (SSSR count). The van der Waals surface area contributed by atoms with Crippen LogP contribution in [0.15, 0.2) is 64.5 Å². The van der Waals surface area contributed by atoms with Gasteiger partial charge in [-0.3, -0.25) is 0 Å². The van der Waals surface area contributed by atoms with Crippen LogP contribution in [0.4, 0.5) is 18.9 Å². The Kier molecular flexibility index (Phi) is 5.09. The van der Waals surface area contributed by atoms with E-state index < -0.39 is 18.4 Å². The monoisotopic (exact) mass is 436 g/mol. The lowest BCUT2D eigenvalue weighted by molar-refractivity contribution is -0.249. The first-order valence-electron chi connectivity index (χ1n) is 8.50. The molecule has 3 aromatic rings. The van der Waals surface area contributed by atoms with Crippen molar-refractivity contribution in [3.8, 4) is 10.6 Å². The number of rotatable bonds is 4. The molecule has 10 heteroatoms. The van der Waals surface area contributed by atoms with Crippen molar-refractivity contribution in [2.45, 2.75) is 16.8 Å². The average molecular weight is 436 g/mol. The number of hydrogen-bond acceptors (Lipinski definition) is 7. The normalized spacial score (nSPS) is 19.5.